The highest BCUT2D eigenvalue weighted by Crippen LogP contribution is 2.29. The lowest BCUT2D eigenvalue weighted by Gasteiger charge is -2.34. The third-order valence-corrected chi connectivity index (χ3v) is 3.94. The standard InChI is InChI=1S/C12H16BrFN2O/c13-12-9(2-1-3-10(12)14)11(8-17)16-6-4-15-5-7-16/h1-3,11,15,17H,4-8H2/t11-/m0/s1. The Labute approximate surface area is 109 Å². The molecule has 0 spiro atoms. The predicted molar refractivity (Wildman–Crippen MR) is 68.4 cm³/mol. The number of aliphatic hydroxyl groups excluding tert-OH is 1. The van der Waals surface area contributed by atoms with Gasteiger partial charge < -0.3 is 10.4 Å². The minimum absolute atomic E-state index is 0.00204. The van der Waals surface area contributed by atoms with Gasteiger partial charge in [-0.1, -0.05) is 12.1 Å². The van der Waals surface area contributed by atoms with Crippen LogP contribution in [0.3, 0.4) is 0 Å². The SMILES string of the molecule is OC[C@@H](c1cccc(F)c1Br)N1CCNCC1. The number of benzene rings is 1. The van der Waals surface area contributed by atoms with Crippen LogP contribution < -0.4 is 5.32 Å². The molecule has 1 heterocycles. The van der Waals surface area contributed by atoms with Crippen LogP contribution >= 0.6 is 15.9 Å². The molecular weight excluding hydrogens is 287 g/mol. The van der Waals surface area contributed by atoms with Crippen LogP contribution in [-0.4, -0.2) is 42.8 Å². The molecule has 1 aromatic carbocycles. The van der Waals surface area contributed by atoms with Gasteiger partial charge in [0.15, 0.2) is 0 Å². The summed E-state index contributed by atoms with van der Waals surface area (Å²) in [6.07, 6.45) is 0. The van der Waals surface area contributed by atoms with E-state index in [2.05, 4.69) is 26.1 Å². The van der Waals surface area contributed by atoms with Gasteiger partial charge in [0.2, 0.25) is 0 Å². The normalized spacial score (nSPS) is 19.2. The van der Waals surface area contributed by atoms with Crippen LogP contribution in [0.5, 0.6) is 0 Å². The Bertz CT molecular complexity index is 383. The number of nitrogens with zero attached hydrogens (tertiary/aromatic N) is 1. The maximum Gasteiger partial charge on any atom is 0.137 e. The van der Waals surface area contributed by atoms with Crippen LogP contribution in [0, 0.1) is 5.82 Å². The van der Waals surface area contributed by atoms with Crippen molar-refractivity contribution < 1.29 is 9.50 Å². The van der Waals surface area contributed by atoms with Gasteiger partial charge >= 0.3 is 0 Å². The summed E-state index contributed by atoms with van der Waals surface area (Å²) in [4.78, 5) is 2.18. The number of hydrogen-bond acceptors (Lipinski definition) is 3. The fourth-order valence-electron chi connectivity index (χ4n) is 2.18. The van der Waals surface area contributed by atoms with E-state index in [0.29, 0.717) is 4.47 Å². The number of aliphatic hydroxyl groups is 1. The average Bonchev–Trinajstić information content (AvgIpc) is 2.37. The minimum atomic E-state index is -0.281. The molecule has 2 rings (SSSR count). The summed E-state index contributed by atoms with van der Waals surface area (Å²) in [5.41, 5.74) is 0.814. The molecule has 1 aliphatic rings. The molecule has 2 N–H and O–H groups in total. The third kappa shape index (κ3) is 2.85. The molecule has 1 fully saturated rings. The summed E-state index contributed by atoms with van der Waals surface area (Å²) in [5.74, 6) is -0.281. The summed E-state index contributed by atoms with van der Waals surface area (Å²) in [7, 11) is 0. The zero-order valence-corrected chi connectivity index (χ0v) is 11.1. The summed E-state index contributed by atoms with van der Waals surface area (Å²) < 4.78 is 13.9. The quantitative estimate of drug-likeness (QED) is 0.889. The highest BCUT2D eigenvalue weighted by atomic mass is 79.9. The van der Waals surface area contributed by atoms with E-state index in [1.165, 1.54) is 6.07 Å². The van der Waals surface area contributed by atoms with Crippen LogP contribution in [0.2, 0.25) is 0 Å². The number of halogens is 2. The van der Waals surface area contributed by atoms with E-state index in [9.17, 15) is 9.50 Å². The van der Waals surface area contributed by atoms with Crippen molar-refractivity contribution in [2.75, 3.05) is 32.8 Å². The third-order valence-electron chi connectivity index (χ3n) is 3.11. The Morgan fingerprint density at radius 2 is 2.12 bits per heavy atom. The van der Waals surface area contributed by atoms with Crippen LogP contribution in [0.1, 0.15) is 11.6 Å². The smallest absolute Gasteiger partial charge is 0.137 e. The Morgan fingerprint density at radius 3 is 2.76 bits per heavy atom. The highest BCUT2D eigenvalue weighted by Gasteiger charge is 2.23. The first-order valence-electron chi connectivity index (χ1n) is 5.73. The molecule has 0 amide bonds. The number of rotatable bonds is 3. The van der Waals surface area contributed by atoms with Crippen molar-refractivity contribution in [2.24, 2.45) is 0 Å². The van der Waals surface area contributed by atoms with Gasteiger partial charge in [-0.2, -0.15) is 0 Å². The lowest BCUT2D eigenvalue weighted by atomic mass is 10.1. The molecule has 1 atom stereocenters. The van der Waals surface area contributed by atoms with E-state index >= 15 is 0 Å². The lowest BCUT2D eigenvalue weighted by molar-refractivity contribution is 0.110. The maximum absolute atomic E-state index is 13.5. The Balaban J connectivity index is 2.24. The molecule has 3 nitrogen and oxygen atoms in total. The molecular formula is C12H16BrFN2O. The van der Waals surface area contributed by atoms with Crippen LogP contribution in [0.15, 0.2) is 22.7 Å². The predicted octanol–water partition coefficient (Wildman–Crippen LogP) is 1.53. The molecule has 1 saturated heterocycles. The van der Waals surface area contributed by atoms with Gasteiger partial charge in [0.1, 0.15) is 5.82 Å². The Kier molecular flexibility index (Phi) is 4.50. The van der Waals surface area contributed by atoms with Crippen LogP contribution in [-0.2, 0) is 0 Å². The van der Waals surface area contributed by atoms with E-state index in [0.717, 1.165) is 31.7 Å². The van der Waals surface area contributed by atoms with Crippen molar-refractivity contribution in [1.29, 1.82) is 0 Å². The summed E-state index contributed by atoms with van der Waals surface area (Å²) in [5, 5.41) is 12.8. The van der Waals surface area contributed by atoms with Crippen molar-refractivity contribution in [1.82, 2.24) is 10.2 Å². The first kappa shape index (κ1) is 13.0. The summed E-state index contributed by atoms with van der Waals surface area (Å²) >= 11 is 3.26. The van der Waals surface area contributed by atoms with Crippen LogP contribution in [0.25, 0.3) is 0 Å². The second-order valence-corrected chi connectivity index (χ2v) is 4.92. The van der Waals surface area contributed by atoms with E-state index in [4.69, 9.17) is 0 Å². The van der Waals surface area contributed by atoms with E-state index < -0.39 is 0 Å². The first-order chi connectivity index (χ1) is 8.24. The fraction of sp³-hybridized carbons (Fsp3) is 0.500. The maximum atomic E-state index is 13.5. The first-order valence-corrected chi connectivity index (χ1v) is 6.53. The van der Waals surface area contributed by atoms with Crippen molar-refractivity contribution in [2.45, 2.75) is 6.04 Å². The van der Waals surface area contributed by atoms with Crippen molar-refractivity contribution >= 4 is 15.9 Å². The molecule has 0 aromatic heterocycles. The van der Waals surface area contributed by atoms with Gasteiger partial charge in [-0.3, -0.25) is 4.90 Å². The van der Waals surface area contributed by atoms with Crippen LogP contribution in [0.4, 0.5) is 4.39 Å². The average molecular weight is 303 g/mol. The highest BCUT2D eigenvalue weighted by molar-refractivity contribution is 9.10. The van der Waals surface area contributed by atoms with Gasteiger partial charge in [-0.05, 0) is 27.6 Å². The minimum Gasteiger partial charge on any atom is -0.394 e. The van der Waals surface area contributed by atoms with Crippen molar-refractivity contribution in [3.8, 4) is 0 Å². The molecule has 0 radical (unpaired) electrons. The van der Waals surface area contributed by atoms with Crippen molar-refractivity contribution in [3.63, 3.8) is 0 Å². The molecule has 1 aromatic rings. The molecule has 94 valence electrons. The summed E-state index contributed by atoms with van der Waals surface area (Å²) in [6, 6.07) is 4.82. The number of hydrogen-bond donors (Lipinski definition) is 2. The van der Waals surface area contributed by atoms with Gasteiger partial charge in [-0.25, -0.2) is 4.39 Å². The molecule has 0 unspecified atom stereocenters. The van der Waals surface area contributed by atoms with Crippen molar-refractivity contribution in [3.05, 3.63) is 34.1 Å². The zero-order valence-electron chi connectivity index (χ0n) is 9.50. The largest absolute Gasteiger partial charge is 0.394 e. The Hall–Kier alpha value is -0.490. The molecule has 0 bridgehead atoms. The Morgan fingerprint density at radius 1 is 1.41 bits per heavy atom. The van der Waals surface area contributed by atoms with Gasteiger partial charge in [0, 0.05) is 26.2 Å². The van der Waals surface area contributed by atoms with E-state index in [-0.39, 0.29) is 18.5 Å². The number of nitrogens with one attached hydrogen (secondary N) is 1. The lowest BCUT2D eigenvalue weighted by Crippen LogP contribution is -2.46. The molecule has 0 aliphatic carbocycles. The zero-order chi connectivity index (χ0) is 12.3. The summed E-state index contributed by atoms with van der Waals surface area (Å²) in [6.45, 7) is 3.55. The monoisotopic (exact) mass is 302 g/mol. The van der Waals surface area contributed by atoms with E-state index in [1.807, 2.05) is 6.07 Å². The topological polar surface area (TPSA) is 35.5 Å². The van der Waals surface area contributed by atoms with Gasteiger partial charge in [0.25, 0.3) is 0 Å². The number of piperazine rings is 1. The second-order valence-electron chi connectivity index (χ2n) is 4.13. The molecule has 1 aliphatic heterocycles. The van der Waals surface area contributed by atoms with E-state index in [1.54, 1.807) is 6.07 Å². The van der Waals surface area contributed by atoms with Gasteiger partial charge in [-0.15, -0.1) is 0 Å². The molecule has 0 saturated carbocycles. The van der Waals surface area contributed by atoms with Gasteiger partial charge in [0.05, 0.1) is 17.1 Å². The second kappa shape index (κ2) is 5.91. The fourth-order valence-corrected chi connectivity index (χ4v) is 2.71. The molecule has 5 heteroatoms. The molecule has 17 heavy (non-hydrogen) atoms.